The van der Waals surface area contributed by atoms with Crippen LogP contribution in [0.2, 0.25) is 0 Å². The fraction of sp³-hybridized carbons (Fsp3) is 0.611. The topological polar surface area (TPSA) is 147 Å². The van der Waals surface area contributed by atoms with Crippen molar-refractivity contribution in [2.24, 2.45) is 5.92 Å². The highest BCUT2D eigenvalue weighted by Crippen LogP contribution is 2.29. The maximum absolute atomic E-state index is 14.4. The van der Waals surface area contributed by atoms with Gasteiger partial charge in [0.25, 0.3) is 5.91 Å². The van der Waals surface area contributed by atoms with Gasteiger partial charge in [0, 0.05) is 44.4 Å². The summed E-state index contributed by atoms with van der Waals surface area (Å²) in [6.07, 6.45) is 6.76. The van der Waals surface area contributed by atoms with Gasteiger partial charge < -0.3 is 34.9 Å². The second-order valence-electron chi connectivity index (χ2n) is 13.4. The average molecular weight is 703 g/mol. The summed E-state index contributed by atoms with van der Waals surface area (Å²) in [7, 11) is -0.801. The molecule has 12 nitrogen and oxygen atoms in total. The molecule has 3 amide bonds. The number of ether oxygens (including phenoxy) is 3. The number of carbonyl (C=O) groups excluding carboxylic acids is 2. The zero-order valence-electron chi connectivity index (χ0n) is 29.5. The van der Waals surface area contributed by atoms with Crippen molar-refractivity contribution in [2.45, 2.75) is 101 Å². The first-order valence-electron chi connectivity index (χ1n) is 17.4. The molecule has 1 heterocycles. The second-order valence-corrected chi connectivity index (χ2v) is 15.5. The van der Waals surface area contributed by atoms with Gasteiger partial charge in [0.05, 0.1) is 42.4 Å². The zero-order chi connectivity index (χ0) is 35.6. The average Bonchev–Trinajstić information content (AvgIpc) is 3.09. The molecule has 4 atom stereocenters. The first-order chi connectivity index (χ1) is 23.4. The van der Waals surface area contributed by atoms with Crippen molar-refractivity contribution in [3.05, 3.63) is 48.0 Å². The van der Waals surface area contributed by atoms with Crippen LogP contribution in [0.1, 0.15) is 82.5 Å². The fourth-order valence-corrected chi connectivity index (χ4v) is 7.52. The molecule has 49 heavy (non-hydrogen) atoms. The van der Waals surface area contributed by atoms with E-state index in [1.54, 1.807) is 42.2 Å². The molecule has 4 rings (SSSR count). The number of benzene rings is 2. The Bertz CT molecular complexity index is 1480. The number of amides is 3. The van der Waals surface area contributed by atoms with E-state index in [0.29, 0.717) is 30.2 Å². The Morgan fingerprint density at radius 3 is 2.43 bits per heavy atom. The minimum Gasteiger partial charge on any atom is -0.497 e. The predicted octanol–water partition coefficient (Wildman–Crippen LogP) is 5.27. The molecule has 0 saturated heterocycles. The molecule has 2 aromatic rings. The van der Waals surface area contributed by atoms with E-state index in [2.05, 4.69) is 10.6 Å². The van der Waals surface area contributed by atoms with Gasteiger partial charge in [-0.1, -0.05) is 26.2 Å². The van der Waals surface area contributed by atoms with Gasteiger partial charge in [0.1, 0.15) is 11.5 Å². The van der Waals surface area contributed by atoms with Crippen LogP contribution >= 0.6 is 0 Å². The van der Waals surface area contributed by atoms with Crippen molar-refractivity contribution in [3.63, 3.8) is 0 Å². The molecule has 1 saturated carbocycles. The molecule has 3 N–H and O–H groups in total. The fourth-order valence-electron chi connectivity index (χ4n) is 6.34. The maximum atomic E-state index is 14.4. The van der Waals surface area contributed by atoms with E-state index < -0.39 is 22.2 Å². The lowest BCUT2D eigenvalue weighted by molar-refractivity contribution is -0.00834. The Hall–Kier alpha value is -3.39. The Morgan fingerprint density at radius 1 is 1.06 bits per heavy atom. The molecule has 272 valence electrons. The number of aliphatic hydroxyl groups is 1. The monoisotopic (exact) mass is 702 g/mol. The lowest BCUT2D eigenvalue weighted by Gasteiger charge is -2.35. The number of anilines is 1. The van der Waals surface area contributed by atoms with Crippen molar-refractivity contribution in [3.8, 4) is 11.5 Å². The number of hydrogen-bond acceptors (Lipinski definition) is 8. The normalized spacial score (nSPS) is 22.4. The number of methoxy groups -OCH3 is 1. The van der Waals surface area contributed by atoms with Crippen molar-refractivity contribution in [1.29, 1.82) is 0 Å². The number of carbonyl (C=O) groups is 2. The number of nitrogens with one attached hydrogen (secondary N) is 2. The molecule has 1 aliphatic heterocycles. The summed E-state index contributed by atoms with van der Waals surface area (Å²) in [6.45, 7) is 5.99. The minimum atomic E-state index is -3.84. The summed E-state index contributed by atoms with van der Waals surface area (Å²) < 4.78 is 46.1. The molecule has 0 spiro atoms. The predicted molar refractivity (Wildman–Crippen MR) is 189 cm³/mol. The summed E-state index contributed by atoms with van der Waals surface area (Å²) in [5.41, 5.74) is 0.720. The smallest absolute Gasteiger partial charge is 0.319 e. The number of nitrogens with zero attached hydrogens (tertiary/aromatic N) is 2. The molecular formula is C36H54N4O8S. The molecule has 13 heteroatoms. The largest absolute Gasteiger partial charge is 0.497 e. The Morgan fingerprint density at radius 2 is 1.76 bits per heavy atom. The lowest BCUT2D eigenvalue weighted by atomic mass is 9.96. The molecule has 0 bridgehead atoms. The highest BCUT2D eigenvalue weighted by Gasteiger charge is 2.32. The number of likely N-dealkylation sites (N-methyl/N-ethyl adjacent to an activating group) is 1. The van der Waals surface area contributed by atoms with Gasteiger partial charge in [-0.15, -0.1) is 0 Å². The van der Waals surface area contributed by atoms with E-state index in [0.717, 1.165) is 38.5 Å². The molecule has 1 fully saturated rings. The minimum absolute atomic E-state index is 0.0609. The number of sulfonamides is 1. The Balaban J connectivity index is 1.60. The molecular weight excluding hydrogens is 648 g/mol. The summed E-state index contributed by atoms with van der Waals surface area (Å²) in [5.74, 6) is 0.259. The summed E-state index contributed by atoms with van der Waals surface area (Å²) >= 11 is 0. The van der Waals surface area contributed by atoms with Crippen LogP contribution < -0.4 is 20.1 Å². The quantitative estimate of drug-likeness (QED) is 0.321. The van der Waals surface area contributed by atoms with Crippen LogP contribution in [-0.4, -0.2) is 99.4 Å². The van der Waals surface area contributed by atoms with E-state index in [1.807, 2.05) is 13.8 Å². The SMILES string of the molecule is COc1ccc(S(=O)(=O)N(C)C[C@@H]2OCCCC[C@H](C)Oc3ccc(NC(=O)NC4CCCCC4)cc3C(=O)N([C@@H](C)CO)C[C@@H]2C)cc1. The van der Waals surface area contributed by atoms with Crippen LogP contribution in [-0.2, 0) is 14.8 Å². The van der Waals surface area contributed by atoms with Crippen LogP contribution in [0.5, 0.6) is 11.5 Å². The molecule has 2 aliphatic rings. The van der Waals surface area contributed by atoms with Crippen molar-refractivity contribution < 1.29 is 37.3 Å². The van der Waals surface area contributed by atoms with Crippen molar-refractivity contribution >= 4 is 27.6 Å². The lowest BCUT2D eigenvalue weighted by Crippen LogP contribution is -2.48. The van der Waals surface area contributed by atoms with Gasteiger partial charge in [-0.3, -0.25) is 4.79 Å². The van der Waals surface area contributed by atoms with Crippen molar-refractivity contribution in [2.75, 3.05) is 45.8 Å². The van der Waals surface area contributed by atoms with Gasteiger partial charge in [-0.05, 0) is 88.4 Å². The third kappa shape index (κ3) is 10.6. The number of rotatable bonds is 9. The number of hydrogen-bond donors (Lipinski definition) is 3. The molecule has 1 aliphatic carbocycles. The maximum Gasteiger partial charge on any atom is 0.319 e. The van der Waals surface area contributed by atoms with E-state index in [1.165, 1.54) is 37.0 Å². The van der Waals surface area contributed by atoms with E-state index >= 15 is 0 Å². The van der Waals surface area contributed by atoms with Gasteiger partial charge in [-0.2, -0.15) is 4.31 Å². The molecule has 0 aromatic heterocycles. The molecule has 2 aromatic carbocycles. The van der Waals surface area contributed by atoms with Crippen LogP contribution in [0.4, 0.5) is 10.5 Å². The van der Waals surface area contributed by atoms with E-state index in [4.69, 9.17) is 14.2 Å². The number of aliphatic hydroxyl groups excluding tert-OH is 1. The second kappa shape index (κ2) is 18.0. The number of fused-ring (bicyclic) bond motifs is 1. The molecule has 0 radical (unpaired) electrons. The Kier molecular flexibility index (Phi) is 14.1. The molecule has 0 unspecified atom stereocenters. The summed E-state index contributed by atoms with van der Waals surface area (Å²) in [6, 6.07) is 10.5. The summed E-state index contributed by atoms with van der Waals surface area (Å²) in [4.78, 5) is 29.0. The van der Waals surface area contributed by atoms with E-state index in [-0.39, 0.29) is 60.2 Å². The van der Waals surface area contributed by atoms with Crippen LogP contribution in [0.15, 0.2) is 47.4 Å². The summed E-state index contributed by atoms with van der Waals surface area (Å²) in [5, 5.41) is 16.2. The van der Waals surface area contributed by atoms with Crippen molar-refractivity contribution in [1.82, 2.24) is 14.5 Å². The third-order valence-electron chi connectivity index (χ3n) is 9.45. The van der Waals surface area contributed by atoms with Crippen LogP contribution in [0.3, 0.4) is 0 Å². The van der Waals surface area contributed by atoms with Crippen LogP contribution in [0.25, 0.3) is 0 Å². The van der Waals surface area contributed by atoms with E-state index in [9.17, 15) is 23.1 Å². The highest BCUT2D eigenvalue weighted by atomic mass is 32.2. The standard InChI is InChI=1S/C36H54N4O8S/c1-25-22-40(26(2)24-41)35(42)32-21-29(38-36(43)37-28-12-7-6-8-13-28)14-19-33(32)48-27(3)11-9-10-20-47-34(25)23-39(4)49(44,45)31-17-15-30(46-5)16-18-31/h14-19,21,25-28,34,41H,6-13,20,22-24H2,1-5H3,(H2,37,38,43)/t25-,26-,27-,34-/m0/s1. The van der Waals surface area contributed by atoms with Gasteiger partial charge >= 0.3 is 6.03 Å². The first-order valence-corrected chi connectivity index (χ1v) is 18.9. The zero-order valence-corrected chi connectivity index (χ0v) is 30.3. The third-order valence-corrected chi connectivity index (χ3v) is 11.3. The number of urea groups is 1. The highest BCUT2D eigenvalue weighted by molar-refractivity contribution is 7.89. The van der Waals surface area contributed by atoms with Gasteiger partial charge in [-0.25, -0.2) is 13.2 Å². The van der Waals surface area contributed by atoms with Gasteiger partial charge in [0.15, 0.2) is 0 Å². The van der Waals surface area contributed by atoms with Crippen LogP contribution in [0, 0.1) is 5.92 Å². The first kappa shape index (κ1) is 38.4. The van der Waals surface area contributed by atoms with Gasteiger partial charge in [0.2, 0.25) is 10.0 Å². The Labute approximate surface area is 291 Å².